The molecule has 1 aromatic heterocycles. The van der Waals surface area contributed by atoms with E-state index in [2.05, 4.69) is 11.1 Å². The first-order valence-electron chi connectivity index (χ1n) is 5.29. The van der Waals surface area contributed by atoms with E-state index in [1.165, 1.54) is 5.69 Å². The molecule has 1 aromatic rings. The third-order valence-electron chi connectivity index (χ3n) is 3.47. The van der Waals surface area contributed by atoms with Gasteiger partial charge in [0.2, 0.25) is 0 Å². The average Bonchev–Trinajstić information content (AvgIpc) is 2.73. The van der Waals surface area contributed by atoms with Gasteiger partial charge in [0.1, 0.15) is 0 Å². The molecule has 1 aliphatic carbocycles. The number of hydrogen-bond acceptors (Lipinski definition) is 2. The summed E-state index contributed by atoms with van der Waals surface area (Å²) in [6, 6.07) is 4.11. The number of H-pyrrole nitrogens is 1. The van der Waals surface area contributed by atoms with Gasteiger partial charge in [-0.15, -0.1) is 0 Å². The Morgan fingerprint density at radius 2 is 2.21 bits per heavy atom. The van der Waals surface area contributed by atoms with E-state index in [4.69, 9.17) is 5.73 Å². The van der Waals surface area contributed by atoms with Crippen LogP contribution in [-0.4, -0.2) is 22.7 Å². The zero-order chi connectivity index (χ0) is 10.0. The van der Waals surface area contributed by atoms with Gasteiger partial charge in [0.15, 0.2) is 0 Å². The van der Waals surface area contributed by atoms with Gasteiger partial charge < -0.3 is 15.8 Å². The molecule has 14 heavy (non-hydrogen) atoms. The summed E-state index contributed by atoms with van der Waals surface area (Å²) < 4.78 is 0. The first kappa shape index (κ1) is 9.74. The summed E-state index contributed by atoms with van der Waals surface area (Å²) >= 11 is 0. The summed E-state index contributed by atoms with van der Waals surface area (Å²) in [6.07, 6.45) is 5.55. The minimum Gasteiger partial charge on any atom is -0.393 e. The van der Waals surface area contributed by atoms with Gasteiger partial charge in [0, 0.05) is 23.9 Å². The van der Waals surface area contributed by atoms with Crippen LogP contribution in [0.1, 0.15) is 31.4 Å². The van der Waals surface area contributed by atoms with Crippen LogP contribution in [0.2, 0.25) is 0 Å². The van der Waals surface area contributed by atoms with Crippen LogP contribution in [0.15, 0.2) is 18.3 Å². The van der Waals surface area contributed by atoms with Crippen LogP contribution in [0.3, 0.4) is 0 Å². The molecule has 0 amide bonds. The van der Waals surface area contributed by atoms with Crippen molar-refractivity contribution in [3.05, 3.63) is 24.0 Å². The van der Waals surface area contributed by atoms with Crippen LogP contribution in [0, 0.1) is 0 Å². The topological polar surface area (TPSA) is 62.0 Å². The van der Waals surface area contributed by atoms with E-state index in [0.717, 1.165) is 25.7 Å². The average molecular weight is 194 g/mol. The van der Waals surface area contributed by atoms with Crippen LogP contribution in [-0.2, 0) is 5.41 Å². The molecule has 3 heteroatoms. The molecule has 1 heterocycles. The summed E-state index contributed by atoms with van der Waals surface area (Å²) in [5, 5.41) is 9.48. The number of nitrogens with two attached hydrogens (primary N) is 1. The van der Waals surface area contributed by atoms with Crippen LogP contribution < -0.4 is 5.73 Å². The smallest absolute Gasteiger partial charge is 0.0541 e. The van der Waals surface area contributed by atoms with Gasteiger partial charge in [-0.1, -0.05) is 0 Å². The first-order chi connectivity index (χ1) is 6.77. The molecular weight excluding hydrogens is 176 g/mol. The van der Waals surface area contributed by atoms with Crippen LogP contribution in [0.4, 0.5) is 0 Å². The van der Waals surface area contributed by atoms with Crippen LogP contribution in [0.5, 0.6) is 0 Å². The molecule has 0 spiro atoms. The SMILES string of the molecule is NCC1(c2ccc[nH]2)CCC(O)CC1. The van der Waals surface area contributed by atoms with Gasteiger partial charge in [0.05, 0.1) is 6.10 Å². The normalized spacial score (nSPS) is 33.1. The lowest BCUT2D eigenvalue weighted by Crippen LogP contribution is -2.40. The number of aliphatic hydroxyl groups excluding tert-OH is 1. The van der Waals surface area contributed by atoms with Crippen molar-refractivity contribution in [2.24, 2.45) is 5.73 Å². The van der Waals surface area contributed by atoms with E-state index >= 15 is 0 Å². The molecular formula is C11H18N2O. The zero-order valence-electron chi connectivity index (χ0n) is 8.37. The van der Waals surface area contributed by atoms with Gasteiger partial charge in [-0.2, -0.15) is 0 Å². The maximum absolute atomic E-state index is 9.48. The molecule has 1 fully saturated rings. The Bertz CT molecular complexity index is 273. The zero-order valence-corrected chi connectivity index (χ0v) is 8.37. The largest absolute Gasteiger partial charge is 0.393 e. The van der Waals surface area contributed by atoms with Crippen molar-refractivity contribution < 1.29 is 5.11 Å². The molecule has 0 radical (unpaired) electrons. The highest BCUT2D eigenvalue weighted by Crippen LogP contribution is 2.37. The summed E-state index contributed by atoms with van der Waals surface area (Å²) in [4.78, 5) is 3.25. The Labute approximate surface area is 84.3 Å². The van der Waals surface area contributed by atoms with Crippen molar-refractivity contribution in [2.75, 3.05) is 6.54 Å². The minimum atomic E-state index is -0.121. The van der Waals surface area contributed by atoms with Gasteiger partial charge in [0.25, 0.3) is 0 Å². The standard InChI is InChI=1S/C11H18N2O/c12-8-11(10-2-1-7-13-10)5-3-9(14)4-6-11/h1-2,7,9,13-14H,3-6,8,12H2. The molecule has 78 valence electrons. The predicted octanol–water partition coefficient (Wildman–Crippen LogP) is 1.15. The number of aromatic nitrogens is 1. The van der Waals surface area contributed by atoms with E-state index < -0.39 is 0 Å². The third-order valence-corrected chi connectivity index (χ3v) is 3.47. The van der Waals surface area contributed by atoms with Crippen molar-refractivity contribution in [2.45, 2.75) is 37.2 Å². The molecule has 0 saturated heterocycles. The van der Waals surface area contributed by atoms with Gasteiger partial charge in [-0.3, -0.25) is 0 Å². The van der Waals surface area contributed by atoms with E-state index in [-0.39, 0.29) is 11.5 Å². The lowest BCUT2D eigenvalue weighted by atomic mass is 9.71. The molecule has 1 aliphatic rings. The predicted molar refractivity (Wildman–Crippen MR) is 56.0 cm³/mol. The summed E-state index contributed by atoms with van der Waals surface area (Å²) in [6.45, 7) is 0.667. The highest BCUT2D eigenvalue weighted by Gasteiger charge is 2.35. The fourth-order valence-corrected chi connectivity index (χ4v) is 2.40. The van der Waals surface area contributed by atoms with Crippen molar-refractivity contribution in [1.82, 2.24) is 4.98 Å². The summed E-state index contributed by atoms with van der Waals surface area (Å²) in [5.41, 5.74) is 7.19. The second-order valence-electron chi connectivity index (χ2n) is 4.30. The number of nitrogens with one attached hydrogen (secondary N) is 1. The second kappa shape index (κ2) is 3.75. The molecule has 0 unspecified atom stereocenters. The Morgan fingerprint density at radius 1 is 1.50 bits per heavy atom. The van der Waals surface area contributed by atoms with Gasteiger partial charge in [-0.05, 0) is 37.8 Å². The molecule has 0 bridgehead atoms. The van der Waals surface area contributed by atoms with Crippen molar-refractivity contribution in [1.29, 1.82) is 0 Å². The highest BCUT2D eigenvalue weighted by atomic mass is 16.3. The lowest BCUT2D eigenvalue weighted by Gasteiger charge is -2.37. The second-order valence-corrected chi connectivity index (χ2v) is 4.30. The van der Waals surface area contributed by atoms with E-state index in [1.54, 1.807) is 0 Å². The minimum absolute atomic E-state index is 0.0860. The van der Waals surface area contributed by atoms with E-state index in [1.807, 2.05) is 12.3 Å². The number of aliphatic hydroxyl groups is 1. The van der Waals surface area contributed by atoms with Crippen LogP contribution in [0.25, 0.3) is 0 Å². The van der Waals surface area contributed by atoms with Gasteiger partial charge >= 0.3 is 0 Å². The quantitative estimate of drug-likeness (QED) is 0.661. The van der Waals surface area contributed by atoms with Gasteiger partial charge in [-0.25, -0.2) is 0 Å². The molecule has 3 nitrogen and oxygen atoms in total. The third kappa shape index (κ3) is 1.57. The maximum Gasteiger partial charge on any atom is 0.0541 e. The Kier molecular flexibility index (Phi) is 2.61. The van der Waals surface area contributed by atoms with Crippen molar-refractivity contribution in [3.8, 4) is 0 Å². The first-order valence-corrected chi connectivity index (χ1v) is 5.29. The fraction of sp³-hybridized carbons (Fsp3) is 0.636. The molecule has 2 rings (SSSR count). The fourth-order valence-electron chi connectivity index (χ4n) is 2.40. The lowest BCUT2D eigenvalue weighted by molar-refractivity contribution is 0.0963. The summed E-state index contributed by atoms with van der Waals surface area (Å²) in [7, 11) is 0. The van der Waals surface area contributed by atoms with E-state index in [9.17, 15) is 5.11 Å². The van der Waals surface area contributed by atoms with Crippen LogP contribution >= 0.6 is 0 Å². The molecule has 1 saturated carbocycles. The monoisotopic (exact) mass is 194 g/mol. The summed E-state index contributed by atoms with van der Waals surface area (Å²) in [5.74, 6) is 0. The Morgan fingerprint density at radius 3 is 2.71 bits per heavy atom. The Hall–Kier alpha value is -0.800. The molecule has 0 atom stereocenters. The number of aromatic amines is 1. The molecule has 4 N–H and O–H groups in total. The Balaban J connectivity index is 2.19. The molecule has 0 aromatic carbocycles. The number of rotatable bonds is 2. The van der Waals surface area contributed by atoms with Crippen molar-refractivity contribution >= 4 is 0 Å². The highest BCUT2D eigenvalue weighted by molar-refractivity contribution is 5.19. The van der Waals surface area contributed by atoms with E-state index in [0.29, 0.717) is 6.54 Å². The number of hydrogen-bond donors (Lipinski definition) is 3. The molecule has 0 aliphatic heterocycles. The van der Waals surface area contributed by atoms with Crippen molar-refractivity contribution in [3.63, 3.8) is 0 Å². The maximum atomic E-state index is 9.48.